The summed E-state index contributed by atoms with van der Waals surface area (Å²) < 4.78 is 41.6. The van der Waals surface area contributed by atoms with Crippen molar-refractivity contribution in [3.05, 3.63) is 95.6 Å². The lowest BCUT2D eigenvalue weighted by molar-refractivity contribution is 0.0495. The highest BCUT2D eigenvalue weighted by molar-refractivity contribution is 7.86. The summed E-state index contributed by atoms with van der Waals surface area (Å²) in [6.07, 6.45) is 4.85. The Labute approximate surface area is 208 Å². The van der Waals surface area contributed by atoms with Gasteiger partial charge in [-0.05, 0) is 54.7 Å². The monoisotopic (exact) mass is 498 g/mol. The Morgan fingerprint density at radius 1 is 0.771 bits per heavy atom. The summed E-state index contributed by atoms with van der Waals surface area (Å²) in [5.74, 6) is 0.229. The molecule has 188 valence electrons. The van der Waals surface area contributed by atoms with E-state index in [4.69, 9.17) is 14.0 Å². The highest BCUT2D eigenvalue weighted by Gasteiger charge is 2.20. The topological polar surface area (TPSA) is 89.9 Å². The van der Waals surface area contributed by atoms with Crippen LogP contribution in [0.5, 0.6) is 5.75 Å². The third-order valence-electron chi connectivity index (χ3n) is 5.06. The molecule has 0 unspecified atom stereocenters. The van der Waals surface area contributed by atoms with Gasteiger partial charge in [0.2, 0.25) is 0 Å². The molecular formula is C28H34O6S. The van der Waals surface area contributed by atoms with Crippen LogP contribution in [-0.2, 0) is 21.3 Å². The fraction of sp³-hybridized carbons (Fsp3) is 0.321. The summed E-state index contributed by atoms with van der Waals surface area (Å²) in [7, 11) is -4.41. The van der Waals surface area contributed by atoms with Crippen molar-refractivity contribution in [3.63, 3.8) is 0 Å². The smallest absolute Gasteiger partial charge is 0.339 e. The number of benzene rings is 3. The van der Waals surface area contributed by atoms with Crippen LogP contribution in [0.2, 0.25) is 0 Å². The van der Waals surface area contributed by atoms with E-state index in [0.717, 1.165) is 37.7 Å². The maximum Gasteiger partial charge on any atom is 0.339 e. The van der Waals surface area contributed by atoms with Gasteiger partial charge in [0.25, 0.3) is 10.1 Å². The molecule has 0 aliphatic heterocycles. The lowest BCUT2D eigenvalue weighted by Gasteiger charge is -2.06. The number of carbonyl (C=O) groups excluding carboxylic acids is 1. The van der Waals surface area contributed by atoms with Crippen molar-refractivity contribution < 1.29 is 27.2 Å². The molecule has 0 saturated carbocycles. The van der Waals surface area contributed by atoms with Crippen molar-refractivity contribution in [2.45, 2.75) is 50.8 Å². The van der Waals surface area contributed by atoms with Crippen LogP contribution in [0.1, 0.15) is 61.0 Å². The van der Waals surface area contributed by atoms with Gasteiger partial charge in [0.05, 0.1) is 18.8 Å². The van der Waals surface area contributed by atoms with Crippen molar-refractivity contribution >= 4 is 16.1 Å². The van der Waals surface area contributed by atoms with E-state index in [-0.39, 0.29) is 12.2 Å². The fourth-order valence-electron chi connectivity index (χ4n) is 3.12. The summed E-state index contributed by atoms with van der Waals surface area (Å²) in [6, 6.07) is 24.3. The summed E-state index contributed by atoms with van der Waals surface area (Å²) in [5, 5.41) is 0. The van der Waals surface area contributed by atoms with Gasteiger partial charge in [0.15, 0.2) is 0 Å². The molecule has 35 heavy (non-hydrogen) atoms. The number of hydrogen-bond donors (Lipinski definition) is 1. The Bertz CT molecular complexity index is 1130. The van der Waals surface area contributed by atoms with E-state index < -0.39 is 21.0 Å². The van der Waals surface area contributed by atoms with Gasteiger partial charge in [-0.3, -0.25) is 4.55 Å². The molecule has 0 aromatic heterocycles. The molecule has 0 aliphatic carbocycles. The van der Waals surface area contributed by atoms with Crippen molar-refractivity contribution in [2.24, 2.45) is 0 Å². The van der Waals surface area contributed by atoms with E-state index in [1.807, 2.05) is 13.0 Å². The zero-order chi connectivity index (χ0) is 25.5. The van der Waals surface area contributed by atoms with Crippen molar-refractivity contribution in [2.75, 3.05) is 13.2 Å². The van der Waals surface area contributed by atoms with E-state index >= 15 is 0 Å². The van der Waals surface area contributed by atoms with Crippen molar-refractivity contribution in [1.82, 2.24) is 0 Å². The second-order valence-corrected chi connectivity index (χ2v) is 9.36. The number of ether oxygens (including phenoxy) is 2. The number of hydrogen-bond acceptors (Lipinski definition) is 5. The van der Waals surface area contributed by atoms with E-state index in [1.165, 1.54) is 35.7 Å². The molecular weight excluding hydrogens is 464 g/mol. The Morgan fingerprint density at radius 3 is 1.97 bits per heavy atom. The molecule has 0 fully saturated rings. The molecule has 0 heterocycles. The number of rotatable bonds is 11. The first-order chi connectivity index (χ1) is 16.8. The van der Waals surface area contributed by atoms with Crippen LogP contribution in [0.4, 0.5) is 0 Å². The van der Waals surface area contributed by atoms with Crippen LogP contribution < -0.4 is 4.74 Å². The SMILES string of the molecule is CCCCOC(=O)c1ccccc1S(=O)(=O)O.CCCCOc1ccc(Cc2ccccc2)cc1. The number of esters is 1. The average Bonchev–Trinajstić information content (AvgIpc) is 2.86. The Balaban J connectivity index is 0.000000247. The predicted octanol–water partition coefficient (Wildman–Crippen LogP) is 6.35. The minimum absolute atomic E-state index is 0.147. The highest BCUT2D eigenvalue weighted by Crippen LogP contribution is 2.17. The van der Waals surface area contributed by atoms with E-state index in [2.05, 4.69) is 55.5 Å². The minimum atomic E-state index is -4.41. The summed E-state index contributed by atoms with van der Waals surface area (Å²) in [5.41, 5.74) is 2.52. The molecule has 0 saturated heterocycles. The first-order valence-electron chi connectivity index (χ1n) is 11.8. The Hall–Kier alpha value is -3.16. The quantitative estimate of drug-likeness (QED) is 0.188. The largest absolute Gasteiger partial charge is 0.494 e. The summed E-state index contributed by atoms with van der Waals surface area (Å²) in [4.78, 5) is 11.2. The molecule has 0 aliphatic rings. The zero-order valence-corrected chi connectivity index (χ0v) is 21.2. The van der Waals surface area contributed by atoms with Gasteiger partial charge in [0, 0.05) is 0 Å². The second kappa shape index (κ2) is 15.0. The lowest BCUT2D eigenvalue weighted by atomic mass is 10.1. The van der Waals surface area contributed by atoms with Crippen molar-refractivity contribution in [3.8, 4) is 5.75 Å². The van der Waals surface area contributed by atoms with Gasteiger partial charge in [-0.15, -0.1) is 0 Å². The normalized spacial score (nSPS) is 10.7. The molecule has 0 atom stereocenters. The molecule has 7 heteroatoms. The van der Waals surface area contributed by atoms with Gasteiger partial charge >= 0.3 is 5.97 Å². The number of carbonyl (C=O) groups is 1. The minimum Gasteiger partial charge on any atom is -0.494 e. The molecule has 3 aromatic rings. The molecule has 1 N–H and O–H groups in total. The van der Waals surface area contributed by atoms with Crippen LogP contribution in [0, 0.1) is 0 Å². The number of unbranched alkanes of at least 4 members (excludes halogenated alkanes) is 2. The third-order valence-corrected chi connectivity index (χ3v) is 5.97. The molecule has 3 rings (SSSR count). The molecule has 0 radical (unpaired) electrons. The Kier molecular flexibility index (Phi) is 12.0. The van der Waals surface area contributed by atoms with E-state index in [1.54, 1.807) is 0 Å². The second-order valence-electron chi connectivity index (χ2n) is 7.97. The van der Waals surface area contributed by atoms with Gasteiger partial charge < -0.3 is 9.47 Å². The van der Waals surface area contributed by atoms with E-state index in [9.17, 15) is 13.2 Å². The summed E-state index contributed by atoms with van der Waals surface area (Å²) >= 11 is 0. The van der Waals surface area contributed by atoms with E-state index in [0.29, 0.717) is 6.42 Å². The first-order valence-corrected chi connectivity index (χ1v) is 13.3. The maximum absolute atomic E-state index is 11.6. The lowest BCUT2D eigenvalue weighted by Crippen LogP contribution is -2.12. The van der Waals surface area contributed by atoms with Crippen LogP contribution in [0.3, 0.4) is 0 Å². The van der Waals surface area contributed by atoms with Gasteiger partial charge in [0.1, 0.15) is 10.6 Å². The zero-order valence-electron chi connectivity index (χ0n) is 20.4. The van der Waals surface area contributed by atoms with Crippen LogP contribution in [-0.4, -0.2) is 32.2 Å². The molecule has 0 amide bonds. The predicted molar refractivity (Wildman–Crippen MR) is 138 cm³/mol. The van der Waals surface area contributed by atoms with Crippen molar-refractivity contribution in [1.29, 1.82) is 0 Å². The van der Waals surface area contributed by atoms with Gasteiger partial charge in [-0.2, -0.15) is 8.42 Å². The van der Waals surface area contributed by atoms with Crippen LogP contribution in [0.25, 0.3) is 0 Å². The van der Waals surface area contributed by atoms with Gasteiger partial charge in [-0.25, -0.2) is 4.79 Å². The van der Waals surface area contributed by atoms with Crippen LogP contribution in [0.15, 0.2) is 83.8 Å². The maximum atomic E-state index is 11.6. The fourth-order valence-corrected chi connectivity index (χ4v) is 3.80. The summed E-state index contributed by atoms with van der Waals surface area (Å²) in [6.45, 7) is 5.16. The molecule has 0 bridgehead atoms. The highest BCUT2D eigenvalue weighted by atomic mass is 32.2. The molecule has 0 spiro atoms. The first kappa shape index (κ1) is 28.1. The Morgan fingerprint density at radius 2 is 1.34 bits per heavy atom. The average molecular weight is 499 g/mol. The third kappa shape index (κ3) is 10.3. The standard InChI is InChI=1S/C17H20O.C11H14O5S/c1-2-3-13-18-17-11-9-16(10-12-17)14-15-7-5-4-6-8-15;1-2-3-8-16-11(12)9-6-4-5-7-10(9)17(13,14)15/h4-12H,2-3,13-14H2,1H3;4-7H,2-3,8H2,1H3,(H,13,14,15). The van der Waals surface area contributed by atoms with Gasteiger partial charge in [-0.1, -0.05) is 81.3 Å². The molecule has 6 nitrogen and oxygen atoms in total. The molecule has 3 aromatic carbocycles. The van der Waals surface area contributed by atoms with Crippen LogP contribution >= 0.6 is 0 Å².